The first kappa shape index (κ1) is 23.3. The number of benzene rings is 1. The smallest absolute Gasteiger partial charge is 0.273 e. The van der Waals surface area contributed by atoms with Gasteiger partial charge < -0.3 is 28.3 Å². The highest BCUT2D eigenvalue weighted by molar-refractivity contribution is 5.92. The van der Waals surface area contributed by atoms with Crippen molar-refractivity contribution in [3.05, 3.63) is 90.0 Å². The molecule has 0 aliphatic carbocycles. The summed E-state index contributed by atoms with van der Waals surface area (Å²) in [5.41, 5.74) is 3.24. The lowest BCUT2D eigenvalue weighted by Crippen LogP contribution is -2.24. The van der Waals surface area contributed by atoms with Gasteiger partial charge >= 0.3 is 0 Å². The molecule has 7 rings (SSSR count). The van der Waals surface area contributed by atoms with Crippen LogP contribution in [0.4, 0.5) is 0 Å². The topological polar surface area (TPSA) is 175 Å². The number of fused-ring (bicyclic) bond motifs is 16. The molecule has 12 bridgehead atoms. The fraction of sp³-hybridized carbons (Fsp3) is 0.0741. The summed E-state index contributed by atoms with van der Waals surface area (Å²) in [4.78, 5) is 47.2. The molecular weight excluding hydrogens is 518 g/mol. The summed E-state index contributed by atoms with van der Waals surface area (Å²) in [6.07, 6.45) is 5.23. The van der Waals surface area contributed by atoms with Gasteiger partial charge in [0.1, 0.15) is 36.4 Å². The number of carbonyl (C=O) groups excluding carboxylic acids is 2. The number of pyridine rings is 1. The molecular formula is C27H17N7O6. The van der Waals surface area contributed by atoms with E-state index in [-0.39, 0.29) is 48.0 Å². The predicted octanol–water partition coefficient (Wildman–Crippen LogP) is 3.88. The normalized spacial score (nSPS) is 13.3. The summed E-state index contributed by atoms with van der Waals surface area (Å²) in [7, 11) is 0. The number of hydrogen-bond acceptors (Lipinski definition) is 11. The molecule has 1 aromatic carbocycles. The van der Waals surface area contributed by atoms with Gasteiger partial charge in [0.25, 0.3) is 11.8 Å². The molecule has 5 aromatic heterocycles. The zero-order chi connectivity index (χ0) is 27.1. The highest BCUT2D eigenvalue weighted by atomic mass is 16.4. The minimum atomic E-state index is -0.423. The molecule has 0 saturated carbocycles. The van der Waals surface area contributed by atoms with Gasteiger partial charge in [0.05, 0.1) is 0 Å². The van der Waals surface area contributed by atoms with E-state index in [0.29, 0.717) is 22.8 Å². The molecule has 0 spiro atoms. The van der Waals surface area contributed by atoms with Crippen LogP contribution in [-0.4, -0.2) is 36.7 Å². The van der Waals surface area contributed by atoms with Crippen molar-refractivity contribution in [2.24, 2.45) is 0 Å². The van der Waals surface area contributed by atoms with Crippen molar-refractivity contribution in [2.75, 3.05) is 0 Å². The Labute approximate surface area is 224 Å². The molecule has 1 aliphatic rings. The molecule has 6 heterocycles. The van der Waals surface area contributed by atoms with Crippen molar-refractivity contribution in [3.8, 4) is 46.3 Å². The number of rotatable bonds is 0. The largest absolute Gasteiger partial charge is 0.442 e. The Morgan fingerprint density at radius 1 is 0.500 bits per heavy atom. The Morgan fingerprint density at radius 2 is 0.900 bits per heavy atom. The summed E-state index contributed by atoms with van der Waals surface area (Å²) < 4.78 is 22.2. The van der Waals surface area contributed by atoms with Gasteiger partial charge in [-0.3, -0.25) is 9.59 Å². The maximum Gasteiger partial charge on any atom is 0.273 e. The van der Waals surface area contributed by atoms with Crippen LogP contribution < -0.4 is 10.6 Å². The van der Waals surface area contributed by atoms with Gasteiger partial charge in [0, 0.05) is 13.1 Å². The number of nitrogens with zero attached hydrogens (tertiary/aromatic N) is 5. The second-order valence-electron chi connectivity index (χ2n) is 8.74. The Balaban J connectivity index is 1.26. The van der Waals surface area contributed by atoms with E-state index in [4.69, 9.17) is 17.7 Å². The van der Waals surface area contributed by atoms with Crippen molar-refractivity contribution in [1.82, 2.24) is 35.6 Å². The summed E-state index contributed by atoms with van der Waals surface area (Å²) in [5, 5.41) is 5.62. The van der Waals surface area contributed by atoms with Crippen molar-refractivity contribution in [3.63, 3.8) is 0 Å². The number of oxazole rings is 4. The predicted molar refractivity (Wildman–Crippen MR) is 135 cm³/mol. The number of hydrogen-bond donors (Lipinski definition) is 2. The molecule has 40 heavy (non-hydrogen) atoms. The van der Waals surface area contributed by atoms with Gasteiger partial charge in [-0.1, -0.05) is 30.3 Å². The van der Waals surface area contributed by atoms with E-state index < -0.39 is 11.8 Å². The van der Waals surface area contributed by atoms with Crippen LogP contribution in [0.2, 0.25) is 0 Å². The van der Waals surface area contributed by atoms with Gasteiger partial charge in [0.2, 0.25) is 23.6 Å². The molecule has 2 N–H and O–H groups in total. The lowest BCUT2D eigenvalue weighted by molar-refractivity contribution is 0.0938. The van der Waals surface area contributed by atoms with Crippen LogP contribution >= 0.6 is 0 Å². The molecule has 0 unspecified atom stereocenters. The van der Waals surface area contributed by atoms with Gasteiger partial charge in [-0.15, -0.1) is 0 Å². The fourth-order valence-electron chi connectivity index (χ4n) is 4.04. The number of amides is 2. The fourth-order valence-corrected chi connectivity index (χ4v) is 4.04. The second kappa shape index (κ2) is 9.47. The SMILES string of the molecule is O=C1NCc2cccc(c2)CNC(=O)c2coc(n2)-c2coc(n2)-c2cccc(n2)-c2nc(co2)-c2nc1co2. The van der Waals surface area contributed by atoms with Crippen molar-refractivity contribution >= 4 is 11.8 Å². The first-order valence-corrected chi connectivity index (χ1v) is 12.0. The average molecular weight is 535 g/mol. The average Bonchev–Trinajstić information content (AvgIpc) is 3.80. The van der Waals surface area contributed by atoms with Crippen molar-refractivity contribution < 1.29 is 27.3 Å². The maximum atomic E-state index is 12.7. The van der Waals surface area contributed by atoms with E-state index in [2.05, 4.69) is 35.6 Å². The third-order valence-electron chi connectivity index (χ3n) is 6.01. The van der Waals surface area contributed by atoms with Gasteiger partial charge in [-0.05, 0) is 23.3 Å². The minimum Gasteiger partial charge on any atom is -0.442 e. The quantitative estimate of drug-likeness (QED) is 0.289. The van der Waals surface area contributed by atoms with Crippen LogP contribution in [-0.2, 0) is 13.1 Å². The standard InChI is InChI=1S/C27H17N7O6/c35-22-18-10-37-26(31-18)20-12-39-24(33-20)16-5-2-6-17(30-16)25-34-21(13-40-25)27-32-19(11-38-27)23(36)29-9-15-4-1-3-14(7-15)8-28-22/h1-7,10-13H,8-9H2,(H,28,35)(H,29,36). The molecule has 196 valence electrons. The van der Waals surface area contributed by atoms with Crippen LogP contribution in [0, 0.1) is 0 Å². The highest BCUT2D eigenvalue weighted by Crippen LogP contribution is 2.27. The van der Waals surface area contributed by atoms with Gasteiger partial charge in [-0.2, -0.15) is 0 Å². The van der Waals surface area contributed by atoms with Crippen molar-refractivity contribution in [1.29, 1.82) is 0 Å². The molecule has 2 amide bonds. The van der Waals surface area contributed by atoms with Crippen LogP contribution in [0.5, 0.6) is 0 Å². The molecule has 0 radical (unpaired) electrons. The molecule has 6 aromatic rings. The Hall–Kier alpha value is -5.85. The molecule has 13 nitrogen and oxygen atoms in total. The summed E-state index contributed by atoms with van der Waals surface area (Å²) in [6, 6.07) is 12.6. The highest BCUT2D eigenvalue weighted by Gasteiger charge is 2.20. The van der Waals surface area contributed by atoms with Crippen LogP contribution in [0.1, 0.15) is 32.1 Å². The summed E-state index contributed by atoms with van der Waals surface area (Å²) in [5.74, 6) is -0.213. The third-order valence-corrected chi connectivity index (χ3v) is 6.01. The van der Waals surface area contributed by atoms with Gasteiger partial charge in [-0.25, -0.2) is 24.9 Å². The molecule has 0 fully saturated rings. The van der Waals surface area contributed by atoms with E-state index in [1.807, 2.05) is 24.3 Å². The number of nitrogens with one attached hydrogen (secondary N) is 2. The molecule has 0 saturated heterocycles. The first-order valence-electron chi connectivity index (χ1n) is 12.0. The van der Waals surface area contributed by atoms with E-state index in [9.17, 15) is 9.59 Å². The monoisotopic (exact) mass is 535 g/mol. The lowest BCUT2D eigenvalue weighted by atomic mass is 10.1. The lowest BCUT2D eigenvalue weighted by Gasteiger charge is -2.07. The zero-order valence-corrected chi connectivity index (χ0v) is 20.5. The number of aromatic nitrogens is 5. The third kappa shape index (κ3) is 4.41. The minimum absolute atomic E-state index is 0.0872. The van der Waals surface area contributed by atoms with Crippen LogP contribution in [0.25, 0.3) is 46.3 Å². The van der Waals surface area contributed by atoms with E-state index in [1.165, 1.54) is 25.1 Å². The maximum absolute atomic E-state index is 12.7. The first-order chi connectivity index (χ1) is 19.6. The van der Waals surface area contributed by atoms with E-state index in [0.717, 1.165) is 11.1 Å². The number of carbonyl (C=O) groups is 2. The van der Waals surface area contributed by atoms with Crippen LogP contribution in [0.3, 0.4) is 0 Å². The summed E-state index contributed by atoms with van der Waals surface area (Å²) >= 11 is 0. The van der Waals surface area contributed by atoms with E-state index >= 15 is 0 Å². The molecule has 13 heteroatoms. The Bertz CT molecular complexity index is 1750. The van der Waals surface area contributed by atoms with E-state index in [1.54, 1.807) is 18.2 Å². The van der Waals surface area contributed by atoms with Gasteiger partial charge in [0.15, 0.2) is 22.8 Å². The zero-order valence-electron chi connectivity index (χ0n) is 20.5. The second-order valence-corrected chi connectivity index (χ2v) is 8.74. The Kier molecular flexibility index (Phi) is 5.51. The Morgan fingerprint density at radius 3 is 1.40 bits per heavy atom. The molecule has 0 atom stereocenters. The summed E-state index contributed by atoms with van der Waals surface area (Å²) in [6.45, 7) is 0.483. The molecule has 1 aliphatic heterocycles. The van der Waals surface area contributed by atoms with Crippen molar-refractivity contribution in [2.45, 2.75) is 13.1 Å². The van der Waals surface area contributed by atoms with Crippen LogP contribution in [0.15, 0.2) is 85.2 Å².